The van der Waals surface area contributed by atoms with E-state index >= 15 is 0 Å². The van der Waals surface area contributed by atoms with E-state index in [-0.39, 0.29) is 16.4 Å². The lowest BCUT2D eigenvalue weighted by Crippen LogP contribution is -2.37. The zero-order valence-corrected chi connectivity index (χ0v) is 15.9. The number of hydrogen-bond donors (Lipinski definition) is 0. The Labute approximate surface area is 132 Å². The van der Waals surface area contributed by atoms with Crippen LogP contribution in [0.25, 0.3) is 0 Å². The fraction of sp³-hybridized carbons (Fsp3) is 0.700. The summed E-state index contributed by atoms with van der Waals surface area (Å²) in [5, 5.41) is 0. The number of benzene rings is 1. The van der Waals surface area contributed by atoms with E-state index in [2.05, 4.69) is 92.5 Å². The zero-order chi connectivity index (χ0) is 16.6. The molecular weight excluding hydrogens is 254 g/mol. The van der Waals surface area contributed by atoms with Gasteiger partial charge in [0.05, 0.1) is 0 Å². The van der Waals surface area contributed by atoms with Gasteiger partial charge in [-0.3, -0.25) is 4.90 Å². The van der Waals surface area contributed by atoms with Crippen molar-refractivity contribution in [3.05, 3.63) is 34.9 Å². The summed E-state index contributed by atoms with van der Waals surface area (Å²) >= 11 is 0. The second-order valence-electron chi connectivity index (χ2n) is 9.41. The van der Waals surface area contributed by atoms with Crippen LogP contribution in [0.4, 0.5) is 0 Å². The van der Waals surface area contributed by atoms with Gasteiger partial charge in [-0.15, -0.1) is 0 Å². The van der Waals surface area contributed by atoms with Crippen LogP contribution < -0.4 is 0 Å². The highest BCUT2D eigenvalue weighted by Crippen LogP contribution is 2.34. The van der Waals surface area contributed by atoms with Gasteiger partial charge in [0.1, 0.15) is 0 Å². The molecule has 0 radical (unpaired) electrons. The van der Waals surface area contributed by atoms with Gasteiger partial charge in [-0.05, 0) is 55.3 Å². The molecular formula is C20H35N. The Morgan fingerprint density at radius 1 is 0.762 bits per heavy atom. The van der Waals surface area contributed by atoms with E-state index in [0.717, 1.165) is 6.54 Å². The van der Waals surface area contributed by atoms with Gasteiger partial charge in [0, 0.05) is 12.1 Å². The van der Waals surface area contributed by atoms with Crippen molar-refractivity contribution in [3.8, 4) is 0 Å². The molecule has 0 atom stereocenters. The Bertz CT molecular complexity index is 478. The molecule has 21 heavy (non-hydrogen) atoms. The quantitative estimate of drug-likeness (QED) is 0.693. The van der Waals surface area contributed by atoms with E-state index in [1.807, 2.05) is 0 Å². The predicted octanol–water partition coefficient (Wildman–Crippen LogP) is 5.51. The van der Waals surface area contributed by atoms with Gasteiger partial charge in [0.2, 0.25) is 0 Å². The third-order valence-corrected chi connectivity index (χ3v) is 4.26. The Hall–Kier alpha value is -0.820. The molecule has 0 aliphatic rings. The smallest absolute Gasteiger partial charge is 0.0235 e. The van der Waals surface area contributed by atoms with Crippen molar-refractivity contribution in [1.29, 1.82) is 0 Å². The van der Waals surface area contributed by atoms with E-state index < -0.39 is 0 Å². The molecule has 0 aliphatic carbocycles. The van der Waals surface area contributed by atoms with E-state index in [4.69, 9.17) is 0 Å². The second kappa shape index (κ2) is 5.76. The van der Waals surface area contributed by atoms with Crippen LogP contribution in [-0.2, 0) is 17.4 Å². The lowest BCUT2D eigenvalue weighted by Gasteiger charge is -2.34. The van der Waals surface area contributed by atoms with Gasteiger partial charge < -0.3 is 0 Å². The summed E-state index contributed by atoms with van der Waals surface area (Å²) in [4.78, 5) is 2.41. The van der Waals surface area contributed by atoms with Crippen LogP contribution in [0, 0.1) is 0 Å². The van der Waals surface area contributed by atoms with Gasteiger partial charge in [0.25, 0.3) is 0 Å². The van der Waals surface area contributed by atoms with Gasteiger partial charge in [-0.1, -0.05) is 59.7 Å². The summed E-state index contributed by atoms with van der Waals surface area (Å²) in [5.74, 6) is 0. The van der Waals surface area contributed by atoms with E-state index in [1.54, 1.807) is 0 Å². The Morgan fingerprint density at radius 2 is 1.24 bits per heavy atom. The first-order chi connectivity index (χ1) is 9.23. The van der Waals surface area contributed by atoms with Crippen molar-refractivity contribution < 1.29 is 0 Å². The van der Waals surface area contributed by atoms with Gasteiger partial charge >= 0.3 is 0 Å². The first kappa shape index (κ1) is 18.2. The minimum atomic E-state index is 0.179. The molecule has 0 saturated heterocycles. The SMILES string of the molecule is CN(Cc1ccc(C(C)(C)C)c(C(C)(C)C)c1)C(C)(C)C. The third kappa shape index (κ3) is 4.85. The first-order valence-electron chi connectivity index (χ1n) is 8.08. The summed E-state index contributed by atoms with van der Waals surface area (Å²) in [6.07, 6.45) is 0. The lowest BCUT2D eigenvalue weighted by atomic mass is 9.74. The summed E-state index contributed by atoms with van der Waals surface area (Å²) in [6.45, 7) is 21.6. The summed E-state index contributed by atoms with van der Waals surface area (Å²) in [6, 6.07) is 7.06. The monoisotopic (exact) mass is 289 g/mol. The van der Waals surface area contributed by atoms with Crippen molar-refractivity contribution in [2.24, 2.45) is 0 Å². The maximum Gasteiger partial charge on any atom is 0.0235 e. The van der Waals surface area contributed by atoms with Crippen molar-refractivity contribution >= 4 is 0 Å². The van der Waals surface area contributed by atoms with Crippen molar-refractivity contribution in [3.63, 3.8) is 0 Å². The maximum atomic E-state index is 2.42. The predicted molar refractivity (Wildman–Crippen MR) is 95.1 cm³/mol. The molecule has 120 valence electrons. The van der Waals surface area contributed by atoms with Crippen LogP contribution in [0.5, 0.6) is 0 Å². The van der Waals surface area contributed by atoms with Crippen molar-refractivity contribution in [1.82, 2.24) is 4.90 Å². The van der Waals surface area contributed by atoms with Crippen LogP contribution in [0.1, 0.15) is 79.0 Å². The Morgan fingerprint density at radius 3 is 1.62 bits per heavy atom. The molecule has 0 fully saturated rings. The largest absolute Gasteiger partial charge is 0.297 e. The Balaban J connectivity index is 3.24. The first-order valence-corrected chi connectivity index (χ1v) is 8.08. The summed E-state index contributed by atoms with van der Waals surface area (Å²) in [7, 11) is 2.20. The van der Waals surface area contributed by atoms with E-state index in [0.29, 0.717) is 0 Å². The van der Waals surface area contributed by atoms with Crippen LogP contribution in [0.3, 0.4) is 0 Å². The summed E-state index contributed by atoms with van der Waals surface area (Å²) in [5.41, 5.74) is 4.93. The maximum absolute atomic E-state index is 2.42. The molecule has 0 amide bonds. The van der Waals surface area contributed by atoms with Gasteiger partial charge in [-0.25, -0.2) is 0 Å². The number of rotatable bonds is 2. The topological polar surface area (TPSA) is 3.24 Å². The highest BCUT2D eigenvalue weighted by molar-refractivity contribution is 5.40. The van der Waals surface area contributed by atoms with Gasteiger partial charge in [0.15, 0.2) is 0 Å². The third-order valence-electron chi connectivity index (χ3n) is 4.26. The molecule has 0 unspecified atom stereocenters. The van der Waals surface area contributed by atoms with Crippen LogP contribution in [-0.4, -0.2) is 17.5 Å². The fourth-order valence-electron chi connectivity index (χ4n) is 2.48. The highest BCUT2D eigenvalue weighted by Gasteiger charge is 2.26. The second-order valence-corrected chi connectivity index (χ2v) is 9.41. The van der Waals surface area contributed by atoms with Crippen molar-refractivity contribution in [2.45, 2.75) is 85.2 Å². The van der Waals surface area contributed by atoms with E-state index in [1.165, 1.54) is 16.7 Å². The molecule has 0 aliphatic heterocycles. The molecule has 0 N–H and O–H groups in total. The standard InChI is InChI=1S/C20H35N/c1-18(2,3)16-12-11-15(13-17(16)19(4,5)6)14-21(10)20(7,8)9/h11-13H,14H2,1-10H3. The average Bonchev–Trinajstić information content (AvgIpc) is 2.24. The molecule has 0 spiro atoms. The minimum absolute atomic E-state index is 0.179. The molecule has 1 heteroatoms. The van der Waals surface area contributed by atoms with Crippen LogP contribution in [0.15, 0.2) is 18.2 Å². The molecule has 1 nitrogen and oxygen atoms in total. The van der Waals surface area contributed by atoms with Crippen LogP contribution >= 0.6 is 0 Å². The summed E-state index contributed by atoms with van der Waals surface area (Å²) < 4.78 is 0. The highest BCUT2D eigenvalue weighted by atomic mass is 15.1. The zero-order valence-electron chi connectivity index (χ0n) is 15.9. The molecule has 0 heterocycles. The molecule has 1 rings (SSSR count). The molecule has 1 aromatic carbocycles. The average molecular weight is 290 g/mol. The molecule has 0 saturated carbocycles. The lowest BCUT2D eigenvalue weighted by molar-refractivity contribution is 0.167. The van der Waals surface area contributed by atoms with E-state index in [9.17, 15) is 0 Å². The van der Waals surface area contributed by atoms with Gasteiger partial charge in [-0.2, -0.15) is 0 Å². The Kier molecular flexibility index (Phi) is 5.00. The number of nitrogens with zero attached hydrogens (tertiary/aromatic N) is 1. The fourth-order valence-corrected chi connectivity index (χ4v) is 2.48. The molecule has 0 bridgehead atoms. The van der Waals surface area contributed by atoms with Crippen molar-refractivity contribution in [2.75, 3.05) is 7.05 Å². The molecule has 1 aromatic rings. The van der Waals surface area contributed by atoms with Crippen LogP contribution in [0.2, 0.25) is 0 Å². The minimum Gasteiger partial charge on any atom is -0.297 e. The molecule has 0 aromatic heterocycles. The number of hydrogen-bond acceptors (Lipinski definition) is 1. The normalized spacial score (nSPS) is 13.9.